The third-order valence-corrected chi connectivity index (χ3v) is 6.96. The fourth-order valence-corrected chi connectivity index (χ4v) is 4.96. The van der Waals surface area contributed by atoms with Crippen LogP contribution in [0.3, 0.4) is 0 Å². The third kappa shape index (κ3) is 6.86. The van der Waals surface area contributed by atoms with Gasteiger partial charge in [0.25, 0.3) is 0 Å². The lowest BCUT2D eigenvalue weighted by atomic mass is 10.0. The predicted octanol–water partition coefficient (Wildman–Crippen LogP) is 3.19. The smallest absolute Gasteiger partial charge is 0.331 e. The second kappa shape index (κ2) is 13.1. The van der Waals surface area contributed by atoms with Gasteiger partial charge in [0.15, 0.2) is 0 Å². The van der Waals surface area contributed by atoms with Crippen molar-refractivity contribution in [3.8, 4) is 5.75 Å². The molecule has 9 heteroatoms. The van der Waals surface area contributed by atoms with Crippen LogP contribution in [-0.4, -0.2) is 79.1 Å². The first-order chi connectivity index (χ1) is 18.9. The summed E-state index contributed by atoms with van der Waals surface area (Å²) in [6.07, 6.45) is 1.07. The maximum absolute atomic E-state index is 14.0. The number of carbonyl (C=O) groups excluding carboxylic acids is 3. The number of carbonyl (C=O) groups is 3. The van der Waals surface area contributed by atoms with Crippen molar-refractivity contribution in [2.45, 2.75) is 32.4 Å². The summed E-state index contributed by atoms with van der Waals surface area (Å²) in [5, 5.41) is 11.1. The Morgan fingerprint density at radius 2 is 1.79 bits per heavy atom. The molecule has 1 fully saturated rings. The molecule has 0 aliphatic carbocycles. The molecule has 1 saturated heterocycles. The minimum atomic E-state index is -0.750. The van der Waals surface area contributed by atoms with Gasteiger partial charge in [-0.1, -0.05) is 61.5 Å². The number of amides is 4. The summed E-state index contributed by atoms with van der Waals surface area (Å²) in [7, 11) is 3.18. The van der Waals surface area contributed by atoms with Gasteiger partial charge < -0.3 is 20.3 Å². The molecule has 0 bridgehead atoms. The quantitative estimate of drug-likeness (QED) is 0.466. The monoisotopic (exact) mass is 531 g/mol. The van der Waals surface area contributed by atoms with Gasteiger partial charge >= 0.3 is 6.03 Å². The number of hydrogen-bond acceptors (Lipinski definition) is 5. The van der Waals surface area contributed by atoms with E-state index in [1.165, 1.54) is 0 Å². The number of methoxy groups -OCH3 is 1. The maximum atomic E-state index is 14.0. The first-order valence-corrected chi connectivity index (χ1v) is 13.3. The molecule has 206 valence electrons. The molecule has 0 saturated carbocycles. The molecular weight excluding hydrogens is 494 g/mol. The Morgan fingerprint density at radius 1 is 1.05 bits per heavy atom. The van der Waals surface area contributed by atoms with Crippen molar-refractivity contribution < 1.29 is 19.1 Å². The van der Waals surface area contributed by atoms with Crippen LogP contribution in [0.15, 0.2) is 66.7 Å². The molecular formula is C30H37N5O4. The molecule has 9 nitrogen and oxygen atoms in total. The van der Waals surface area contributed by atoms with Gasteiger partial charge in [0, 0.05) is 39.6 Å². The van der Waals surface area contributed by atoms with Gasteiger partial charge in [-0.05, 0) is 40.5 Å². The van der Waals surface area contributed by atoms with Crippen LogP contribution in [0.1, 0.15) is 24.5 Å². The summed E-state index contributed by atoms with van der Waals surface area (Å²) in [6.45, 7) is 3.49. The van der Waals surface area contributed by atoms with Gasteiger partial charge in [-0.2, -0.15) is 0 Å². The predicted molar refractivity (Wildman–Crippen MR) is 151 cm³/mol. The first-order valence-electron chi connectivity index (χ1n) is 13.3. The molecule has 1 aliphatic heterocycles. The minimum Gasteiger partial charge on any atom is -0.497 e. The Balaban J connectivity index is 1.67. The van der Waals surface area contributed by atoms with E-state index in [1.54, 1.807) is 29.1 Å². The van der Waals surface area contributed by atoms with E-state index >= 15 is 0 Å². The molecule has 3 aromatic rings. The molecule has 4 amide bonds. The standard InChI is InChI=1S/C30H37N5O4/c1-4-16-35(30(38)31-2)34-18-17-33(20-24-10-7-9-23-8-5-6-11-26(23)24)29(37)27(32-28(36)21-34)19-22-12-14-25(39-3)15-13-22/h5-15,27H,4,16-21H2,1-3H3,(H,31,38)(H,32,36)/t27-/m0/s1. The molecule has 4 rings (SSSR count). The largest absolute Gasteiger partial charge is 0.497 e. The molecule has 0 aromatic heterocycles. The number of nitrogens with zero attached hydrogens (tertiary/aromatic N) is 3. The van der Waals surface area contributed by atoms with Crippen LogP contribution in [0, 0.1) is 0 Å². The van der Waals surface area contributed by atoms with E-state index in [-0.39, 0.29) is 24.4 Å². The highest BCUT2D eigenvalue weighted by Gasteiger charge is 2.32. The average Bonchev–Trinajstić information content (AvgIpc) is 3.01. The number of hydrogen-bond donors (Lipinski definition) is 2. The van der Waals surface area contributed by atoms with Crippen LogP contribution in [0.5, 0.6) is 5.75 Å². The molecule has 3 aromatic carbocycles. The Hall–Kier alpha value is -4.11. The van der Waals surface area contributed by atoms with Gasteiger partial charge in [0.2, 0.25) is 11.8 Å². The molecule has 39 heavy (non-hydrogen) atoms. The van der Waals surface area contributed by atoms with E-state index in [0.717, 1.165) is 34.1 Å². The lowest BCUT2D eigenvalue weighted by Gasteiger charge is -2.34. The topological polar surface area (TPSA) is 94.2 Å². The molecule has 0 radical (unpaired) electrons. The Bertz CT molecular complexity index is 1290. The second-order valence-electron chi connectivity index (χ2n) is 9.64. The number of ether oxygens (including phenoxy) is 1. The Morgan fingerprint density at radius 3 is 2.51 bits per heavy atom. The number of rotatable bonds is 8. The summed E-state index contributed by atoms with van der Waals surface area (Å²) in [4.78, 5) is 41.7. The summed E-state index contributed by atoms with van der Waals surface area (Å²) < 4.78 is 5.26. The van der Waals surface area contributed by atoms with Crippen LogP contribution in [-0.2, 0) is 22.6 Å². The highest BCUT2D eigenvalue weighted by atomic mass is 16.5. The fraction of sp³-hybridized carbons (Fsp3) is 0.367. The van der Waals surface area contributed by atoms with Gasteiger partial charge in [-0.25, -0.2) is 9.80 Å². The zero-order chi connectivity index (χ0) is 27.8. The molecule has 1 heterocycles. The fourth-order valence-electron chi connectivity index (χ4n) is 4.96. The normalized spacial score (nSPS) is 16.7. The molecule has 1 aliphatic rings. The van der Waals surface area contributed by atoms with Crippen molar-refractivity contribution in [1.82, 2.24) is 25.6 Å². The molecule has 0 unspecified atom stereocenters. The number of fused-ring (bicyclic) bond motifs is 1. The zero-order valence-corrected chi connectivity index (χ0v) is 22.9. The van der Waals surface area contributed by atoms with Crippen LogP contribution >= 0.6 is 0 Å². The van der Waals surface area contributed by atoms with Crippen LogP contribution in [0.25, 0.3) is 10.8 Å². The van der Waals surface area contributed by atoms with E-state index in [4.69, 9.17) is 4.74 Å². The van der Waals surface area contributed by atoms with Crippen molar-refractivity contribution in [1.29, 1.82) is 0 Å². The SMILES string of the molecule is CCCN(C(=O)NC)N1CCN(Cc2cccc3ccccc23)C(=O)[C@H](Cc2ccc(OC)cc2)NC(=O)C1. The number of urea groups is 1. The number of nitrogens with one attached hydrogen (secondary N) is 2. The van der Waals surface area contributed by atoms with Gasteiger partial charge in [-0.15, -0.1) is 0 Å². The van der Waals surface area contributed by atoms with Crippen molar-refractivity contribution in [2.24, 2.45) is 0 Å². The van der Waals surface area contributed by atoms with Gasteiger partial charge in [0.05, 0.1) is 13.7 Å². The average molecular weight is 532 g/mol. The van der Waals surface area contributed by atoms with E-state index < -0.39 is 6.04 Å². The summed E-state index contributed by atoms with van der Waals surface area (Å²) >= 11 is 0. The van der Waals surface area contributed by atoms with Crippen molar-refractivity contribution in [2.75, 3.05) is 40.3 Å². The molecule has 1 atom stereocenters. The maximum Gasteiger partial charge on any atom is 0.331 e. The summed E-state index contributed by atoms with van der Waals surface area (Å²) in [5.41, 5.74) is 1.94. The minimum absolute atomic E-state index is 0.0259. The zero-order valence-electron chi connectivity index (χ0n) is 22.9. The highest BCUT2D eigenvalue weighted by molar-refractivity contribution is 5.90. The van der Waals surface area contributed by atoms with Gasteiger partial charge in [-0.3, -0.25) is 14.6 Å². The summed E-state index contributed by atoms with van der Waals surface area (Å²) in [5.74, 6) is 0.261. The first kappa shape index (κ1) is 27.9. The van der Waals surface area contributed by atoms with Crippen molar-refractivity contribution in [3.05, 3.63) is 77.9 Å². The van der Waals surface area contributed by atoms with E-state index in [0.29, 0.717) is 32.6 Å². The van der Waals surface area contributed by atoms with E-state index in [2.05, 4.69) is 28.8 Å². The molecule has 2 N–H and O–H groups in total. The molecule has 0 spiro atoms. The van der Waals surface area contributed by atoms with Gasteiger partial charge in [0.1, 0.15) is 11.8 Å². The highest BCUT2D eigenvalue weighted by Crippen LogP contribution is 2.21. The third-order valence-electron chi connectivity index (χ3n) is 6.96. The van der Waals surface area contributed by atoms with Crippen LogP contribution < -0.4 is 15.4 Å². The number of hydrazine groups is 1. The van der Waals surface area contributed by atoms with E-state index in [1.807, 2.05) is 55.5 Å². The van der Waals surface area contributed by atoms with Crippen LogP contribution in [0.2, 0.25) is 0 Å². The Kier molecular flexibility index (Phi) is 9.38. The van der Waals surface area contributed by atoms with E-state index in [9.17, 15) is 14.4 Å². The van der Waals surface area contributed by atoms with Crippen molar-refractivity contribution in [3.63, 3.8) is 0 Å². The summed E-state index contributed by atoms with van der Waals surface area (Å²) in [6, 6.07) is 20.6. The number of benzene rings is 3. The lowest BCUT2D eigenvalue weighted by Crippen LogP contribution is -2.54. The second-order valence-corrected chi connectivity index (χ2v) is 9.64. The Labute approximate surface area is 229 Å². The van der Waals surface area contributed by atoms with Crippen LogP contribution in [0.4, 0.5) is 4.79 Å². The van der Waals surface area contributed by atoms with Crippen molar-refractivity contribution >= 4 is 28.6 Å². The lowest BCUT2D eigenvalue weighted by molar-refractivity contribution is -0.136.